The summed E-state index contributed by atoms with van der Waals surface area (Å²) in [6.07, 6.45) is 0. The highest BCUT2D eigenvalue weighted by Gasteiger charge is 2.15. The van der Waals surface area contributed by atoms with E-state index in [4.69, 9.17) is 0 Å². The van der Waals surface area contributed by atoms with Gasteiger partial charge >= 0.3 is 5.69 Å². The SMILES string of the molecule is CC(C)(C)c1ccc(Cn2c(=O)n(Cc3ccccc3)c3ccccc32)cc1. The van der Waals surface area contributed by atoms with Crippen LogP contribution in [0, 0.1) is 0 Å². The third kappa shape index (κ3) is 3.53. The van der Waals surface area contributed by atoms with Gasteiger partial charge in [0.1, 0.15) is 0 Å². The van der Waals surface area contributed by atoms with Gasteiger partial charge in [0.05, 0.1) is 24.1 Å². The van der Waals surface area contributed by atoms with Gasteiger partial charge in [-0.05, 0) is 34.2 Å². The van der Waals surface area contributed by atoms with Crippen LogP contribution in [0.4, 0.5) is 0 Å². The zero-order valence-electron chi connectivity index (χ0n) is 16.7. The van der Waals surface area contributed by atoms with Crippen LogP contribution in [0.2, 0.25) is 0 Å². The molecule has 0 aliphatic heterocycles. The second-order valence-corrected chi connectivity index (χ2v) is 8.38. The smallest absolute Gasteiger partial charge is 0.287 e. The van der Waals surface area contributed by atoms with Gasteiger partial charge in [-0.15, -0.1) is 0 Å². The maximum absolute atomic E-state index is 13.2. The summed E-state index contributed by atoms with van der Waals surface area (Å²) < 4.78 is 3.75. The second kappa shape index (κ2) is 7.16. The van der Waals surface area contributed by atoms with Crippen molar-refractivity contribution in [2.24, 2.45) is 0 Å². The summed E-state index contributed by atoms with van der Waals surface area (Å²) in [5.74, 6) is 0. The number of hydrogen-bond donors (Lipinski definition) is 0. The van der Waals surface area contributed by atoms with E-state index in [0.717, 1.165) is 22.2 Å². The van der Waals surface area contributed by atoms with Gasteiger partial charge in [0.25, 0.3) is 0 Å². The largest absolute Gasteiger partial charge is 0.329 e. The molecule has 0 bridgehead atoms. The van der Waals surface area contributed by atoms with E-state index in [0.29, 0.717) is 13.1 Å². The van der Waals surface area contributed by atoms with Crippen molar-refractivity contribution >= 4 is 11.0 Å². The van der Waals surface area contributed by atoms with E-state index in [9.17, 15) is 4.79 Å². The fraction of sp³-hybridized carbons (Fsp3) is 0.240. The molecule has 3 heteroatoms. The zero-order chi connectivity index (χ0) is 19.7. The summed E-state index contributed by atoms with van der Waals surface area (Å²) in [6.45, 7) is 7.79. The molecule has 0 fully saturated rings. The number of benzene rings is 3. The molecule has 1 heterocycles. The summed E-state index contributed by atoms with van der Waals surface area (Å²) in [6, 6.07) is 26.8. The first-order valence-corrected chi connectivity index (χ1v) is 9.75. The monoisotopic (exact) mass is 370 g/mol. The number of imidazole rings is 1. The standard InChI is InChI=1S/C25H26N2O/c1-25(2,3)21-15-13-20(14-16-21)18-27-23-12-8-7-11-22(23)26(24(27)28)17-19-9-5-4-6-10-19/h4-16H,17-18H2,1-3H3. The second-order valence-electron chi connectivity index (χ2n) is 8.38. The molecule has 4 aromatic rings. The van der Waals surface area contributed by atoms with Gasteiger partial charge in [-0.3, -0.25) is 9.13 Å². The fourth-order valence-electron chi connectivity index (χ4n) is 3.64. The minimum absolute atomic E-state index is 0.0324. The van der Waals surface area contributed by atoms with Gasteiger partial charge in [0.2, 0.25) is 0 Å². The van der Waals surface area contributed by atoms with E-state index in [1.54, 1.807) is 0 Å². The number of rotatable bonds is 4. The number of nitrogens with zero attached hydrogens (tertiary/aromatic N) is 2. The lowest BCUT2D eigenvalue weighted by Crippen LogP contribution is -2.25. The molecule has 0 unspecified atom stereocenters. The zero-order valence-corrected chi connectivity index (χ0v) is 16.7. The molecule has 142 valence electrons. The van der Waals surface area contributed by atoms with Crippen LogP contribution in [-0.4, -0.2) is 9.13 Å². The molecule has 0 amide bonds. The molecule has 0 aliphatic carbocycles. The number of aromatic nitrogens is 2. The minimum Gasteiger partial charge on any atom is -0.287 e. The molecule has 0 spiro atoms. The molecule has 0 radical (unpaired) electrons. The first kappa shape index (κ1) is 18.3. The van der Waals surface area contributed by atoms with Crippen LogP contribution in [-0.2, 0) is 18.5 Å². The molecule has 0 atom stereocenters. The maximum atomic E-state index is 13.2. The Morgan fingerprint density at radius 2 is 1.11 bits per heavy atom. The third-order valence-electron chi connectivity index (χ3n) is 5.27. The van der Waals surface area contributed by atoms with Gasteiger partial charge in [-0.1, -0.05) is 87.5 Å². The molecule has 28 heavy (non-hydrogen) atoms. The summed E-state index contributed by atoms with van der Waals surface area (Å²) in [7, 11) is 0. The average molecular weight is 370 g/mol. The number of hydrogen-bond acceptors (Lipinski definition) is 1. The van der Waals surface area contributed by atoms with Crippen molar-refractivity contribution in [2.75, 3.05) is 0 Å². The predicted molar refractivity (Wildman–Crippen MR) is 116 cm³/mol. The summed E-state index contributed by atoms with van der Waals surface area (Å²) in [5, 5.41) is 0. The topological polar surface area (TPSA) is 26.9 Å². The van der Waals surface area contributed by atoms with Crippen LogP contribution < -0.4 is 5.69 Å². The third-order valence-corrected chi connectivity index (χ3v) is 5.27. The quantitative estimate of drug-likeness (QED) is 0.485. The maximum Gasteiger partial charge on any atom is 0.329 e. The van der Waals surface area contributed by atoms with Gasteiger partial charge in [0, 0.05) is 0 Å². The van der Waals surface area contributed by atoms with Crippen LogP contribution in [0.5, 0.6) is 0 Å². The van der Waals surface area contributed by atoms with Crippen molar-refractivity contribution in [3.05, 3.63) is 106 Å². The number of para-hydroxylation sites is 2. The molecule has 3 aromatic carbocycles. The molecule has 0 saturated heterocycles. The molecule has 4 rings (SSSR count). The Labute approximate surface area is 165 Å². The summed E-state index contributed by atoms with van der Waals surface area (Å²) in [5.41, 5.74) is 5.67. The Bertz CT molecular complexity index is 1140. The van der Waals surface area contributed by atoms with E-state index in [1.807, 2.05) is 51.6 Å². The first-order chi connectivity index (χ1) is 13.4. The van der Waals surface area contributed by atoms with Gasteiger partial charge in [0.15, 0.2) is 0 Å². The van der Waals surface area contributed by atoms with Crippen molar-refractivity contribution < 1.29 is 0 Å². The number of fused-ring (bicyclic) bond motifs is 1. The summed E-state index contributed by atoms with van der Waals surface area (Å²) in [4.78, 5) is 13.2. The lowest BCUT2D eigenvalue weighted by atomic mass is 9.87. The van der Waals surface area contributed by atoms with Gasteiger partial charge in [-0.25, -0.2) is 4.79 Å². The Balaban J connectivity index is 1.73. The highest BCUT2D eigenvalue weighted by Crippen LogP contribution is 2.23. The van der Waals surface area contributed by atoms with E-state index in [-0.39, 0.29) is 11.1 Å². The summed E-state index contributed by atoms with van der Waals surface area (Å²) >= 11 is 0. The first-order valence-electron chi connectivity index (χ1n) is 9.75. The molecule has 0 aliphatic rings. The Morgan fingerprint density at radius 1 is 0.643 bits per heavy atom. The van der Waals surface area contributed by atoms with Gasteiger partial charge in [-0.2, -0.15) is 0 Å². The van der Waals surface area contributed by atoms with Crippen LogP contribution >= 0.6 is 0 Å². The van der Waals surface area contributed by atoms with Crippen molar-refractivity contribution in [3.63, 3.8) is 0 Å². The Morgan fingerprint density at radius 3 is 1.61 bits per heavy atom. The van der Waals surface area contributed by atoms with E-state index < -0.39 is 0 Å². The average Bonchev–Trinajstić information content (AvgIpc) is 2.95. The molecule has 0 N–H and O–H groups in total. The molecular weight excluding hydrogens is 344 g/mol. The fourth-order valence-corrected chi connectivity index (χ4v) is 3.64. The molecular formula is C25H26N2O. The lowest BCUT2D eigenvalue weighted by molar-refractivity contribution is 0.589. The van der Waals surface area contributed by atoms with Crippen LogP contribution in [0.1, 0.15) is 37.5 Å². The van der Waals surface area contributed by atoms with Crippen molar-refractivity contribution in [3.8, 4) is 0 Å². The van der Waals surface area contributed by atoms with E-state index in [2.05, 4.69) is 57.2 Å². The minimum atomic E-state index is 0.0324. The van der Waals surface area contributed by atoms with E-state index >= 15 is 0 Å². The molecule has 0 saturated carbocycles. The van der Waals surface area contributed by atoms with Crippen LogP contribution in [0.3, 0.4) is 0 Å². The highest BCUT2D eigenvalue weighted by molar-refractivity contribution is 5.76. The van der Waals surface area contributed by atoms with Crippen molar-refractivity contribution in [1.29, 1.82) is 0 Å². The van der Waals surface area contributed by atoms with Gasteiger partial charge < -0.3 is 0 Å². The Kier molecular flexibility index (Phi) is 4.68. The van der Waals surface area contributed by atoms with Crippen molar-refractivity contribution in [2.45, 2.75) is 39.3 Å². The lowest BCUT2D eigenvalue weighted by Gasteiger charge is -2.19. The molecule has 1 aromatic heterocycles. The predicted octanol–water partition coefficient (Wildman–Crippen LogP) is 5.20. The van der Waals surface area contributed by atoms with Crippen molar-refractivity contribution in [1.82, 2.24) is 9.13 Å². The Hall–Kier alpha value is -3.07. The van der Waals surface area contributed by atoms with Crippen LogP contribution in [0.25, 0.3) is 11.0 Å². The molecule has 3 nitrogen and oxygen atoms in total. The van der Waals surface area contributed by atoms with E-state index in [1.165, 1.54) is 5.56 Å². The van der Waals surface area contributed by atoms with Crippen LogP contribution in [0.15, 0.2) is 83.7 Å². The highest BCUT2D eigenvalue weighted by atomic mass is 16.1. The normalized spacial score (nSPS) is 11.8.